The fraction of sp³-hybridized carbons (Fsp3) is 0.882. The molecule has 0 spiro atoms. The van der Waals surface area contributed by atoms with Crippen LogP contribution in [0.2, 0.25) is 0 Å². The van der Waals surface area contributed by atoms with Crippen LogP contribution in [0.4, 0.5) is 0 Å². The summed E-state index contributed by atoms with van der Waals surface area (Å²) in [7, 11) is 0. The Morgan fingerprint density at radius 3 is 2.05 bits per heavy atom. The van der Waals surface area contributed by atoms with Crippen molar-refractivity contribution in [3.63, 3.8) is 0 Å². The summed E-state index contributed by atoms with van der Waals surface area (Å²) in [4.78, 5) is 24.9. The van der Waals surface area contributed by atoms with Crippen molar-refractivity contribution in [1.82, 2.24) is 16.0 Å². The van der Waals surface area contributed by atoms with E-state index in [4.69, 9.17) is 0 Å². The summed E-state index contributed by atoms with van der Waals surface area (Å²) in [5.74, 6) is 0.0722. The normalized spacial score (nSPS) is 30.6. The lowest BCUT2D eigenvalue weighted by atomic mass is 9.82. The summed E-state index contributed by atoms with van der Waals surface area (Å²) in [6, 6.07) is 0. The van der Waals surface area contributed by atoms with E-state index in [1.54, 1.807) is 0 Å². The maximum Gasteiger partial charge on any atom is 0.228 e. The van der Waals surface area contributed by atoms with E-state index in [2.05, 4.69) is 29.8 Å². The van der Waals surface area contributed by atoms with Crippen molar-refractivity contribution in [2.75, 3.05) is 26.2 Å². The van der Waals surface area contributed by atoms with Crippen LogP contribution in [-0.4, -0.2) is 38.0 Å². The van der Waals surface area contributed by atoms with Gasteiger partial charge in [-0.05, 0) is 49.5 Å². The third-order valence-electron chi connectivity index (χ3n) is 5.82. The van der Waals surface area contributed by atoms with Gasteiger partial charge in [-0.2, -0.15) is 0 Å². The largest absolute Gasteiger partial charge is 0.356 e. The van der Waals surface area contributed by atoms with Crippen LogP contribution in [0.3, 0.4) is 0 Å². The standard InChI is InChI=1S/C17H29N3O2/c1-15(3-4-15)10-19-13(21)9-17(7-8-18-12-17)14(22)20-11-16(2)5-6-16/h18H,3-12H2,1-2H3,(H,19,21)(H,20,22). The molecule has 0 aromatic rings. The Labute approximate surface area is 133 Å². The van der Waals surface area contributed by atoms with Gasteiger partial charge in [0.05, 0.1) is 5.41 Å². The fourth-order valence-electron chi connectivity index (χ4n) is 3.11. The maximum atomic E-state index is 12.7. The summed E-state index contributed by atoms with van der Waals surface area (Å²) >= 11 is 0. The molecule has 1 saturated heterocycles. The van der Waals surface area contributed by atoms with Crippen LogP contribution in [0.25, 0.3) is 0 Å². The highest BCUT2D eigenvalue weighted by molar-refractivity contribution is 5.89. The van der Waals surface area contributed by atoms with Crippen LogP contribution >= 0.6 is 0 Å². The molecule has 0 aromatic carbocycles. The van der Waals surface area contributed by atoms with Crippen molar-refractivity contribution < 1.29 is 9.59 Å². The van der Waals surface area contributed by atoms with Crippen molar-refractivity contribution in [3.05, 3.63) is 0 Å². The average Bonchev–Trinajstić information content (AvgIpc) is 3.35. The molecule has 5 nitrogen and oxygen atoms in total. The Morgan fingerprint density at radius 2 is 1.55 bits per heavy atom. The molecule has 2 saturated carbocycles. The van der Waals surface area contributed by atoms with Crippen LogP contribution in [-0.2, 0) is 9.59 Å². The molecule has 3 fully saturated rings. The SMILES string of the molecule is CC1(CNC(=O)CC2(C(=O)NCC3(C)CC3)CCNC2)CC1. The summed E-state index contributed by atoms with van der Waals surface area (Å²) in [6.45, 7) is 7.32. The van der Waals surface area contributed by atoms with E-state index < -0.39 is 5.41 Å². The van der Waals surface area contributed by atoms with Gasteiger partial charge in [-0.3, -0.25) is 9.59 Å². The van der Waals surface area contributed by atoms with Gasteiger partial charge in [0.25, 0.3) is 0 Å². The number of carbonyl (C=O) groups excluding carboxylic acids is 2. The maximum absolute atomic E-state index is 12.7. The quantitative estimate of drug-likeness (QED) is 0.662. The molecule has 22 heavy (non-hydrogen) atoms. The Kier molecular flexibility index (Phi) is 3.96. The highest BCUT2D eigenvalue weighted by Gasteiger charge is 2.45. The van der Waals surface area contributed by atoms with Crippen molar-refractivity contribution >= 4 is 11.8 Å². The molecule has 0 aromatic heterocycles. The lowest BCUT2D eigenvalue weighted by Gasteiger charge is -2.27. The van der Waals surface area contributed by atoms with Gasteiger partial charge in [-0.15, -0.1) is 0 Å². The van der Waals surface area contributed by atoms with Gasteiger partial charge in [-0.1, -0.05) is 13.8 Å². The lowest BCUT2D eigenvalue weighted by molar-refractivity contribution is -0.135. The van der Waals surface area contributed by atoms with E-state index in [-0.39, 0.29) is 11.8 Å². The highest BCUT2D eigenvalue weighted by Crippen LogP contribution is 2.45. The van der Waals surface area contributed by atoms with Crippen LogP contribution in [0.1, 0.15) is 52.4 Å². The van der Waals surface area contributed by atoms with Crippen molar-refractivity contribution in [2.45, 2.75) is 52.4 Å². The predicted molar refractivity (Wildman–Crippen MR) is 85.2 cm³/mol. The smallest absolute Gasteiger partial charge is 0.228 e. The van der Waals surface area contributed by atoms with Crippen molar-refractivity contribution in [1.29, 1.82) is 0 Å². The second-order valence-corrected chi connectivity index (χ2v) is 8.46. The predicted octanol–water partition coefficient (Wildman–Crippen LogP) is 1.19. The molecule has 2 aliphatic carbocycles. The lowest BCUT2D eigenvalue weighted by Crippen LogP contribution is -2.47. The Balaban J connectivity index is 1.53. The minimum absolute atomic E-state index is 0.0182. The third-order valence-corrected chi connectivity index (χ3v) is 5.82. The van der Waals surface area contributed by atoms with Gasteiger partial charge >= 0.3 is 0 Å². The number of hydrogen-bond acceptors (Lipinski definition) is 3. The Morgan fingerprint density at radius 1 is 0.955 bits per heavy atom. The molecule has 2 amide bonds. The summed E-state index contributed by atoms with van der Waals surface area (Å²) in [6.07, 6.45) is 5.83. The zero-order valence-corrected chi connectivity index (χ0v) is 13.9. The first-order valence-electron chi connectivity index (χ1n) is 8.61. The minimum Gasteiger partial charge on any atom is -0.356 e. The third kappa shape index (κ3) is 3.62. The van der Waals surface area contributed by atoms with Gasteiger partial charge in [0.1, 0.15) is 0 Å². The molecule has 3 rings (SSSR count). The molecule has 0 bridgehead atoms. The molecule has 1 aliphatic heterocycles. The molecular weight excluding hydrogens is 278 g/mol. The van der Waals surface area contributed by atoms with Crippen LogP contribution < -0.4 is 16.0 Å². The molecule has 124 valence electrons. The molecule has 0 radical (unpaired) electrons. The van der Waals surface area contributed by atoms with Gasteiger partial charge in [0.2, 0.25) is 11.8 Å². The van der Waals surface area contributed by atoms with E-state index >= 15 is 0 Å². The highest BCUT2D eigenvalue weighted by atomic mass is 16.2. The summed E-state index contributed by atoms with van der Waals surface area (Å²) in [5, 5.41) is 9.38. The minimum atomic E-state index is -0.556. The van der Waals surface area contributed by atoms with E-state index in [1.165, 1.54) is 25.7 Å². The summed E-state index contributed by atoms with van der Waals surface area (Å²) < 4.78 is 0. The van der Waals surface area contributed by atoms with Crippen LogP contribution in [0, 0.1) is 16.2 Å². The molecule has 1 unspecified atom stereocenters. The first-order valence-corrected chi connectivity index (χ1v) is 8.61. The Bertz CT molecular complexity index is 461. The molecule has 1 atom stereocenters. The fourth-order valence-corrected chi connectivity index (χ4v) is 3.11. The number of nitrogens with one attached hydrogen (secondary N) is 3. The van der Waals surface area contributed by atoms with E-state index in [1.807, 2.05) is 0 Å². The average molecular weight is 307 g/mol. The number of hydrogen-bond donors (Lipinski definition) is 3. The van der Waals surface area contributed by atoms with Gasteiger partial charge in [0.15, 0.2) is 0 Å². The van der Waals surface area contributed by atoms with Gasteiger partial charge < -0.3 is 16.0 Å². The first-order chi connectivity index (χ1) is 10.4. The molecular formula is C17H29N3O2. The zero-order chi connectivity index (χ0) is 15.8. The summed E-state index contributed by atoms with van der Waals surface area (Å²) in [5.41, 5.74) is 0.0467. The van der Waals surface area contributed by atoms with E-state index in [0.717, 1.165) is 26.1 Å². The van der Waals surface area contributed by atoms with Gasteiger partial charge in [0, 0.05) is 26.1 Å². The van der Waals surface area contributed by atoms with Crippen LogP contribution in [0.15, 0.2) is 0 Å². The monoisotopic (exact) mass is 307 g/mol. The Hall–Kier alpha value is -1.10. The first kappa shape index (κ1) is 15.8. The van der Waals surface area contributed by atoms with Crippen LogP contribution in [0.5, 0.6) is 0 Å². The molecule has 3 aliphatic rings. The number of rotatable bonds is 7. The van der Waals surface area contributed by atoms with Crippen molar-refractivity contribution in [3.8, 4) is 0 Å². The second-order valence-electron chi connectivity index (χ2n) is 8.46. The van der Waals surface area contributed by atoms with E-state index in [9.17, 15) is 9.59 Å². The number of amides is 2. The molecule has 1 heterocycles. The molecule has 3 N–H and O–H groups in total. The number of carbonyl (C=O) groups is 2. The molecule has 5 heteroatoms. The zero-order valence-electron chi connectivity index (χ0n) is 13.9. The van der Waals surface area contributed by atoms with Gasteiger partial charge in [-0.25, -0.2) is 0 Å². The topological polar surface area (TPSA) is 70.2 Å². The second kappa shape index (κ2) is 5.52. The van der Waals surface area contributed by atoms with Crippen molar-refractivity contribution in [2.24, 2.45) is 16.2 Å². The van der Waals surface area contributed by atoms with E-state index in [0.29, 0.717) is 23.8 Å².